The van der Waals surface area contributed by atoms with Crippen LogP contribution in [0, 0.1) is 11.8 Å². The molecular formula is C22H19ClO4. The Hall–Kier alpha value is -2.59. The van der Waals surface area contributed by atoms with Crippen LogP contribution in [0.25, 0.3) is 21.5 Å². The molecule has 3 aromatic rings. The van der Waals surface area contributed by atoms with Gasteiger partial charge < -0.3 is 9.84 Å². The number of aliphatic carboxylic acids is 1. The number of carboxylic acid groups (broad SMARTS) is 1. The van der Waals surface area contributed by atoms with Crippen molar-refractivity contribution in [3.05, 3.63) is 53.6 Å². The monoisotopic (exact) mass is 382 g/mol. The van der Waals surface area contributed by atoms with Crippen LogP contribution in [-0.2, 0) is 9.59 Å². The molecule has 1 saturated carbocycles. The van der Waals surface area contributed by atoms with E-state index in [2.05, 4.69) is 0 Å². The average molecular weight is 383 g/mol. The Kier molecular flexibility index (Phi) is 4.75. The Balaban J connectivity index is 1.79. The number of carbonyl (C=O) groups excluding carboxylic acids is 1. The molecule has 0 saturated heterocycles. The summed E-state index contributed by atoms with van der Waals surface area (Å²) >= 11 is 6.13. The zero-order chi connectivity index (χ0) is 19.0. The SMILES string of the molecule is O=C(O)C1CCCCC1C(=O)Oc1c2ccccc2cc2cc(Cl)ccc12. The van der Waals surface area contributed by atoms with Gasteiger partial charge in [-0.25, -0.2) is 0 Å². The van der Waals surface area contributed by atoms with Crippen molar-refractivity contribution in [2.75, 3.05) is 0 Å². The molecule has 0 radical (unpaired) electrons. The number of hydrogen-bond acceptors (Lipinski definition) is 3. The third-order valence-electron chi connectivity index (χ3n) is 5.36. The minimum Gasteiger partial charge on any atom is -0.481 e. The smallest absolute Gasteiger partial charge is 0.315 e. The first-order chi connectivity index (χ1) is 13.0. The Morgan fingerprint density at radius 1 is 0.926 bits per heavy atom. The zero-order valence-corrected chi connectivity index (χ0v) is 15.4. The van der Waals surface area contributed by atoms with E-state index in [4.69, 9.17) is 16.3 Å². The molecule has 0 heterocycles. The van der Waals surface area contributed by atoms with Gasteiger partial charge in [0.15, 0.2) is 0 Å². The van der Waals surface area contributed by atoms with E-state index in [1.807, 2.05) is 42.5 Å². The molecule has 2 atom stereocenters. The molecular weight excluding hydrogens is 364 g/mol. The summed E-state index contributed by atoms with van der Waals surface area (Å²) in [7, 11) is 0. The number of carbonyl (C=O) groups is 2. The van der Waals surface area contributed by atoms with Gasteiger partial charge in [-0.2, -0.15) is 0 Å². The summed E-state index contributed by atoms with van der Waals surface area (Å²) in [6.07, 6.45) is 2.73. The molecule has 1 aliphatic carbocycles. The summed E-state index contributed by atoms with van der Waals surface area (Å²) in [5.41, 5.74) is 0. The highest BCUT2D eigenvalue weighted by molar-refractivity contribution is 6.31. The van der Waals surface area contributed by atoms with E-state index in [-0.39, 0.29) is 0 Å². The highest BCUT2D eigenvalue weighted by Gasteiger charge is 2.37. The van der Waals surface area contributed by atoms with Crippen LogP contribution in [0.15, 0.2) is 48.5 Å². The number of carboxylic acids is 1. The van der Waals surface area contributed by atoms with E-state index in [0.717, 1.165) is 34.4 Å². The number of ether oxygens (including phenoxy) is 1. The lowest BCUT2D eigenvalue weighted by Gasteiger charge is -2.27. The van der Waals surface area contributed by atoms with E-state index < -0.39 is 23.8 Å². The molecule has 2 unspecified atom stereocenters. The van der Waals surface area contributed by atoms with Gasteiger partial charge in [0.2, 0.25) is 0 Å². The van der Waals surface area contributed by atoms with Gasteiger partial charge in [0.1, 0.15) is 5.75 Å². The maximum atomic E-state index is 12.9. The van der Waals surface area contributed by atoms with Crippen LogP contribution in [0.2, 0.25) is 5.02 Å². The van der Waals surface area contributed by atoms with Crippen LogP contribution in [0.1, 0.15) is 25.7 Å². The van der Waals surface area contributed by atoms with Crippen molar-refractivity contribution in [1.82, 2.24) is 0 Å². The van der Waals surface area contributed by atoms with Crippen LogP contribution < -0.4 is 4.74 Å². The van der Waals surface area contributed by atoms with Gasteiger partial charge >= 0.3 is 11.9 Å². The molecule has 4 rings (SSSR count). The highest BCUT2D eigenvalue weighted by atomic mass is 35.5. The Bertz CT molecular complexity index is 1040. The summed E-state index contributed by atoms with van der Waals surface area (Å²) in [6, 6.07) is 15.1. The fourth-order valence-electron chi connectivity index (χ4n) is 4.00. The minimum absolute atomic E-state index is 0.463. The van der Waals surface area contributed by atoms with Gasteiger partial charge in [0.05, 0.1) is 11.8 Å². The minimum atomic E-state index is -0.925. The van der Waals surface area contributed by atoms with Crippen LogP contribution in [-0.4, -0.2) is 17.0 Å². The van der Waals surface area contributed by atoms with E-state index in [0.29, 0.717) is 23.6 Å². The van der Waals surface area contributed by atoms with E-state index in [9.17, 15) is 14.7 Å². The Morgan fingerprint density at radius 2 is 1.63 bits per heavy atom. The molecule has 0 aliphatic heterocycles. The predicted octanol–water partition coefficient (Wildman–Crippen LogP) is 5.44. The van der Waals surface area contributed by atoms with Crippen molar-refractivity contribution in [3.63, 3.8) is 0 Å². The molecule has 138 valence electrons. The van der Waals surface area contributed by atoms with Crippen molar-refractivity contribution in [2.45, 2.75) is 25.7 Å². The van der Waals surface area contributed by atoms with Crippen molar-refractivity contribution < 1.29 is 19.4 Å². The predicted molar refractivity (Wildman–Crippen MR) is 105 cm³/mol. The number of esters is 1. The molecule has 1 aliphatic rings. The molecule has 1 fully saturated rings. The van der Waals surface area contributed by atoms with Crippen molar-refractivity contribution in [3.8, 4) is 5.75 Å². The van der Waals surface area contributed by atoms with E-state index >= 15 is 0 Å². The third kappa shape index (κ3) is 3.37. The van der Waals surface area contributed by atoms with Gasteiger partial charge in [-0.15, -0.1) is 0 Å². The quantitative estimate of drug-likeness (QED) is 0.372. The molecule has 4 nitrogen and oxygen atoms in total. The lowest BCUT2D eigenvalue weighted by atomic mass is 9.79. The summed E-state index contributed by atoms with van der Waals surface area (Å²) in [4.78, 5) is 24.5. The van der Waals surface area contributed by atoms with Gasteiger partial charge in [-0.3, -0.25) is 9.59 Å². The molecule has 1 N–H and O–H groups in total. The van der Waals surface area contributed by atoms with Crippen molar-refractivity contribution in [2.24, 2.45) is 11.8 Å². The maximum absolute atomic E-state index is 12.9. The standard InChI is InChI=1S/C22H19ClO4/c23-15-9-10-17-14(12-15)11-13-5-1-2-6-16(13)20(17)27-22(26)19-8-4-3-7-18(19)21(24)25/h1-2,5-6,9-12,18-19H,3-4,7-8H2,(H,24,25). The fourth-order valence-corrected chi connectivity index (χ4v) is 4.18. The molecule has 0 spiro atoms. The number of hydrogen-bond donors (Lipinski definition) is 1. The first-order valence-electron chi connectivity index (χ1n) is 9.10. The van der Waals surface area contributed by atoms with Gasteiger partial charge in [0, 0.05) is 15.8 Å². The second-order valence-corrected chi connectivity index (χ2v) is 7.49. The average Bonchev–Trinajstić information content (AvgIpc) is 2.67. The molecule has 3 aromatic carbocycles. The van der Waals surface area contributed by atoms with Crippen LogP contribution in [0.4, 0.5) is 0 Å². The Labute approximate surface area is 161 Å². The number of rotatable bonds is 3. The van der Waals surface area contributed by atoms with E-state index in [1.165, 1.54) is 0 Å². The van der Waals surface area contributed by atoms with Crippen molar-refractivity contribution in [1.29, 1.82) is 0 Å². The second kappa shape index (κ2) is 7.20. The van der Waals surface area contributed by atoms with Gasteiger partial charge in [-0.05, 0) is 47.9 Å². The normalized spacial score (nSPS) is 19.9. The first kappa shape index (κ1) is 17.8. The molecule has 5 heteroatoms. The maximum Gasteiger partial charge on any atom is 0.315 e. The molecule has 0 bridgehead atoms. The van der Waals surface area contributed by atoms with E-state index in [1.54, 1.807) is 6.07 Å². The lowest BCUT2D eigenvalue weighted by Crippen LogP contribution is -2.35. The topological polar surface area (TPSA) is 63.6 Å². The molecule has 0 amide bonds. The number of benzene rings is 3. The lowest BCUT2D eigenvalue weighted by molar-refractivity contribution is -0.153. The summed E-state index contributed by atoms with van der Waals surface area (Å²) in [5, 5.41) is 13.5. The summed E-state index contributed by atoms with van der Waals surface area (Å²) in [5.74, 6) is -2.21. The van der Waals surface area contributed by atoms with Gasteiger partial charge in [0.25, 0.3) is 0 Å². The molecule has 27 heavy (non-hydrogen) atoms. The second-order valence-electron chi connectivity index (χ2n) is 7.05. The van der Waals surface area contributed by atoms with Crippen molar-refractivity contribution >= 4 is 45.1 Å². The van der Waals surface area contributed by atoms with Crippen LogP contribution in [0.5, 0.6) is 5.75 Å². The summed E-state index contributed by atoms with van der Waals surface area (Å²) in [6.45, 7) is 0. The number of halogens is 1. The number of fused-ring (bicyclic) bond motifs is 2. The third-order valence-corrected chi connectivity index (χ3v) is 5.60. The first-order valence-corrected chi connectivity index (χ1v) is 9.48. The largest absolute Gasteiger partial charge is 0.481 e. The Morgan fingerprint density at radius 3 is 2.41 bits per heavy atom. The fraction of sp³-hybridized carbons (Fsp3) is 0.273. The van der Waals surface area contributed by atoms with Crippen LogP contribution >= 0.6 is 11.6 Å². The molecule has 0 aromatic heterocycles. The van der Waals surface area contributed by atoms with Crippen LogP contribution in [0.3, 0.4) is 0 Å². The summed E-state index contributed by atoms with van der Waals surface area (Å²) < 4.78 is 5.86. The van der Waals surface area contributed by atoms with Gasteiger partial charge in [-0.1, -0.05) is 48.7 Å². The highest BCUT2D eigenvalue weighted by Crippen LogP contribution is 2.38. The zero-order valence-electron chi connectivity index (χ0n) is 14.7.